The van der Waals surface area contributed by atoms with Crippen molar-refractivity contribution in [1.29, 1.82) is 0 Å². The Bertz CT molecular complexity index is 706. The van der Waals surface area contributed by atoms with Crippen LogP contribution in [-0.2, 0) is 5.54 Å². The van der Waals surface area contributed by atoms with E-state index in [-0.39, 0.29) is 5.54 Å². The van der Waals surface area contributed by atoms with Gasteiger partial charge in [-0.05, 0) is 20.8 Å². The van der Waals surface area contributed by atoms with Crippen molar-refractivity contribution in [3.63, 3.8) is 0 Å². The van der Waals surface area contributed by atoms with E-state index in [4.69, 9.17) is 5.73 Å². The fourth-order valence-corrected chi connectivity index (χ4v) is 2.46. The summed E-state index contributed by atoms with van der Waals surface area (Å²) in [6.45, 7) is 13.1. The molecule has 4 nitrogen and oxygen atoms in total. The minimum atomic E-state index is -1.43. The molecule has 2 aromatic heterocycles. The molecule has 0 radical (unpaired) electrons. The van der Waals surface area contributed by atoms with Crippen molar-refractivity contribution in [2.24, 2.45) is 0 Å². The summed E-state index contributed by atoms with van der Waals surface area (Å²) in [7, 11) is -1.43. The maximum atomic E-state index is 6.03. The highest BCUT2D eigenvalue weighted by Gasteiger charge is 2.20. The molecule has 2 N–H and O–H groups in total. The molecule has 0 aliphatic rings. The van der Waals surface area contributed by atoms with Crippen molar-refractivity contribution < 1.29 is 0 Å². The first-order chi connectivity index (χ1) is 9.09. The minimum Gasteiger partial charge on any atom is -0.383 e. The summed E-state index contributed by atoms with van der Waals surface area (Å²) in [5.41, 5.74) is 11.1. The smallest absolute Gasteiger partial charge is 0.147 e. The van der Waals surface area contributed by atoms with E-state index in [1.54, 1.807) is 0 Å². The van der Waals surface area contributed by atoms with Gasteiger partial charge in [-0.25, -0.2) is 9.97 Å². The third kappa shape index (κ3) is 2.85. The number of rotatable bonds is 0. The molecule has 0 atom stereocenters. The molecule has 0 aliphatic carbocycles. The van der Waals surface area contributed by atoms with Crippen LogP contribution >= 0.6 is 0 Å². The van der Waals surface area contributed by atoms with Crippen LogP contribution in [0.4, 0.5) is 5.82 Å². The van der Waals surface area contributed by atoms with Gasteiger partial charge in [-0.15, -0.1) is 5.54 Å². The third-order valence-corrected chi connectivity index (χ3v) is 3.78. The number of anilines is 1. The summed E-state index contributed by atoms with van der Waals surface area (Å²) in [5.74, 6) is 3.79. The lowest BCUT2D eigenvalue weighted by atomic mass is 10.1. The topological polar surface area (TPSA) is 56.7 Å². The summed E-state index contributed by atoms with van der Waals surface area (Å²) >= 11 is 0. The molecule has 106 valence electrons. The molecule has 0 unspecified atom stereocenters. The first-order valence-corrected chi connectivity index (χ1v) is 10.2. The lowest BCUT2D eigenvalue weighted by molar-refractivity contribution is 0.408. The molecule has 2 heterocycles. The number of nitrogen functional groups attached to an aromatic ring is 1. The summed E-state index contributed by atoms with van der Waals surface area (Å²) in [4.78, 5) is 8.49. The summed E-state index contributed by atoms with van der Waals surface area (Å²) in [6.07, 6.45) is 3.55. The van der Waals surface area contributed by atoms with Crippen molar-refractivity contribution in [3.8, 4) is 11.5 Å². The molecule has 20 heavy (non-hydrogen) atoms. The lowest BCUT2D eigenvalue weighted by Gasteiger charge is -2.21. The van der Waals surface area contributed by atoms with Gasteiger partial charge in [-0.2, -0.15) is 0 Å². The third-order valence-electron chi connectivity index (χ3n) is 2.91. The Morgan fingerprint density at radius 3 is 2.40 bits per heavy atom. The second-order valence-electron chi connectivity index (χ2n) is 7.04. The lowest BCUT2D eigenvalue weighted by Crippen LogP contribution is -2.21. The first-order valence-electron chi connectivity index (χ1n) is 6.75. The molecule has 0 saturated heterocycles. The van der Waals surface area contributed by atoms with Crippen molar-refractivity contribution in [2.45, 2.75) is 46.0 Å². The van der Waals surface area contributed by atoms with Gasteiger partial charge in [0.2, 0.25) is 0 Å². The van der Waals surface area contributed by atoms with E-state index >= 15 is 0 Å². The van der Waals surface area contributed by atoms with Gasteiger partial charge in [0, 0.05) is 11.7 Å². The van der Waals surface area contributed by atoms with Crippen molar-refractivity contribution in [2.75, 3.05) is 5.73 Å². The van der Waals surface area contributed by atoms with Crippen LogP contribution in [0.1, 0.15) is 26.3 Å². The zero-order chi connectivity index (χ0) is 15.1. The molecule has 0 fully saturated rings. The Kier molecular flexibility index (Phi) is 3.38. The van der Waals surface area contributed by atoms with Crippen molar-refractivity contribution >= 4 is 24.9 Å². The molecule has 2 rings (SSSR count). The van der Waals surface area contributed by atoms with Crippen molar-refractivity contribution in [3.05, 3.63) is 18.1 Å². The quantitative estimate of drug-likeness (QED) is 0.598. The van der Waals surface area contributed by atoms with Gasteiger partial charge in [-0.3, -0.25) is 0 Å². The van der Waals surface area contributed by atoms with E-state index in [1.807, 2.05) is 6.20 Å². The fraction of sp³-hybridized carbons (Fsp3) is 0.467. The maximum Gasteiger partial charge on any atom is 0.147 e. The predicted octanol–water partition coefficient (Wildman–Crippen LogP) is 3.00. The standard InChI is InChI=1S/C15H22N4Si/c1-15(2,3)19-9-11(7-8-20(4,5)6)12-13(16)17-10-18-14(12)19/h9-10H,1-6H3,(H2,16,17,18). The molecular weight excluding hydrogens is 264 g/mol. The van der Waals surface area contributed by atoms with Gasteiger partial charge < -0.3 is 10.3 Å². The van der Waals surface area contributed by atoms with E-state index in [1.165, 1.54) is 6.33 Å². The van der Waals surface area contributed by atoms with E-state index in [0.29, 0.717) is 5.82 Å². The highest BCUT2D eigenvalue weighted by Crippen LogP contribution is 2.28. The first kappa shape index (κ1) is 14.6. The maximum absolute atomic E-state index is 6.03. The molecule has 0 spiro atoms. The van der Waals surface area contributed by atoms with Crippen LogP contribution in [0, 0.1) is 11.5 Å². The highest BCUT2D eigenvalue weighted by molar-refractivity contribution is 6.83. The zero-order valence-corrected chi connectivity index (χ0v) is 14.1. The van der Waals surface area contributed by atoms with Gasteiger partial charge in [0.15, 0.2) is 0 Å². The Balaban J connectivity index is 2.75. The Morgan fingerprint density at radius 2 is 1.85 bits per heavy atom. The number of hydrogen-bond donors (Lipinski definition) is 1. The molecule has 0 aromatic carbocycles. The van der Waals surface area contributed by atoms with E-state index < -0.39 is 8.07 Å². The molecular formula is C15H22N4Si. The second-order valence-corrected chi connectivity index (χ2v) is 11.8. The average molecular weight is 286 g/mol. The molecule has 2 aromatic rings. The van der Waals surface area contributed by atoms with Crippen molar-refractivity contribution in [1.82, 2.24) is 14.5 Å². The van der Waals surface area contributed by atoms with E-state index in [9.17, 15) is 0 Å². The van der Waals surface area contributed by atoms with Crippen LogP contribution < -0.4 is 5.73 Å². The van der Waals surface area contributed by atoms with Crippen LogP contribution in [0.3, 0.4) is 0 Å². The number of nitrogens with zero attached hydrogens (tertiary/aromatic N) is 3. The van der Waals surface area contributed by atoms with E-state index in [0.717, 1.165) is 16.6 Å². The molecule has 0 amide bonds. The molecule has 0 aliphatic heterocycles. The number of fused-ring (bicyclic) bond motifs is 1. The molecule has 0 bridgehead atoms. The molecule has 5 heteroatoms. The number of hydrogen-bond acceptors (Lipinski definition) is 3. The van der Waals surface area contributed by atoms with Gasteiger partial charge in [-0.1, -0.05) is 25.6 Å². The number of nitrogens with two attached hydrogens (primary N) is 1. The van der Waals surface area contributed by atoms with Gasteiger partial charge in [0.05, 0.1) is 10.9 Å². The largest absolute Gasteiger partial charge is 0.383 e. The van der Waals surface area contributed by atoms with Crippen LogP contribution in [0.15, 0.2) is 12.5 Å². The van der Waals surface area contributed by atoms with Crippen LogP contribution in [0.2, 0.25) is 19.6 Å². The second kappa shape index (κ2) is 4.64. The average Bonchev–Trinajstić information content (AvgIpc) is 2.65. The Morgan fingerprint density at radius 1 is 1.20 bits per heavy atom. The zero-order valence-electron chi connectivity index (χ0n) is 13.1. The summed E-state index contributed by atoms with van der Waals surface area (Å²) in [6, 6.07) is 0. The summed E-state index contributed by atoms with van der Waals surface area (Å²) in [5, 5.41) is 0.869. The van der Waals surface area contributed by atoms with Gasteiger partial charge in [0.1, 0.15) is 25.9 Å². The van der Waals surface area contributed by atoms with E-state index in [2.05, 4.69) is 66.4 Å². The molecule has 0 saturated carbocycles. The predicted molar refractivity (Wildman–Crippen MR) is 87.2 cm³/mol. The van der Waals surface area contributed by atoms with Crippen LogP contribution in [-0.4, -0.2) is 22.6 Å². The fourth-order valence-electron chi connectivity index (χ4n) is 1.95. The monoisotopic (exact) mass is 286 g/mol. The summed E-state index contributed by atoms with van der Waals surface area (Å²) < 4.78 is 2.12. The van der Waals surface area contributed by atoms with Crippen LogP contribution in [0.25, 0.3) is 11.0 Å². The van der Waals surface area contributed by atoms with Gasteiger partial charge in [0.25, 0.3) is 0 Å². The number of aromatic nitrogens is 3. The van der Waals surface area contributed by atoms with Gasteiger partial charge >= 0.3 is 0 Å². The minimum absolute atomic E-state index is 0.0713. The Hall–Kier alpha value is -1.80. The highest BCUT2D eigenvalue weighted by atomic mass is 28.3. The van der Waals surface area contributed by atoms with Crippen LogP contribution in [0.5, 0.6) is 0 Å². The normalized spacial score (nSPS) is 12.3. The SMILES string of the molecule is CC(C)(C)n1cc(C#C[Si](C)(C)C)c2c(N)ncnc21. The Labute approximate surface area is 121 Å².